The number of carbonyl (C=O) groups is 1. The van der Waals surface area contributed by atoms with Crippen LogP contribution < -0.4 is 0 Å². The van der Waals surface area contributed by atoms with Crippen LogP contribution in [0.4, 0.5) is 0 Å². The molecule has 2 aromatic rings. The molecule has 0 aliphatic heterocycles. The van der Waals surface area contributed by atoms with Gasteiger partial charge in [-0.25, -0.2) is 0 Å². The van der Waals surface area contributed by atoms with Gasteiger partial charge in [0.15, 0.2) is 5.16 Å². The Kier molecular flexibility index (Phi) is 7.10. The average Bonchev–Trinajstić information content (AvgIpc) is 3.10. The molecule has 1 aromatic heterocycles. The third-order valence-electron chi connectivity index (χ3n) is 4.85. The molecule has 0 bridgehead atoms. The maximum absolute atomic E-state index is 12.6. The van der Waals surface area contributed by atoms with E-state index in [1.807, 2.05) is 43.3 Å². The van der Waals surface area contributed by atoms with E-state index < -0.39 is 5.25 Å². The summed E-state index contributed by atoms with van der Waals surface area (Å²) < 4.78 is 7.43. The zero-order valence-corrected chi connectivity index (χ0v) is 16.7. The summed E-state index contributed by atoms with van der Waals surface area (Å²) in [5.74, 6) is 1.21. The van der Waals surface area contributed by atoms with Crippen molar-refractivity contribution in [3.8, 4) is 0 Å². The van der Waals surface area contributed by atoms with Crippen molar-refractivity contribution in [3.63, 3.8) is 0 Å². The summed E-state index contributed by atoms with van der Waals surface area (Å²) in [6, 6.07) is 9.71. The lowest BCUT2D eigenvalue weighted by Crippen LogP contribution is -2.15. The lowest BCUT2D eigenvalue weighted by atomic mass is 9.89. The molecule has 1 aliphatic rings. The van der Waals surface area contributed by atoms with E-state index >= 15 is 0 Å². The Morgan fingerprint density at radius 3 is 2.70 bits per heavy atom. The minimum atomic E-state index is -0.460. The first-order valence-corrected chi connectivity index (χ1v) is 10.5. The minimum absolute atomic E-state index is 0.249. The number of benzene rings is 1. The number of ether oxygens (including phenoxy) is 1. The predicted octanol–water partition coefficient (Wildman–Crippen LogP) is 4.91. The molecular formula is C21H27N3O2S. The highest BCUT2D eigenvalue weighted by Gasteiger charge is 2.28. The number of hydrogen-bond acceptors (Lipinski definition) is 5. The summed E-state index contributed by atoms with van der Waals surface area (Å²) in [4.78, 5) is 12.6. The molecular weight excluding hydrogens is 358 g/mol. The molecule has 5 nitrogen and oxygen atoms in total. The van der Waals surface area contributed by atoms with Crippen molar-refractivity contribution in [3.05, 3.63) is 54.4 Å². The fourth-order valence-electron chi connectivity index (χ4n) is 3.55. The molecule has 0 radical (unpaired) electrons. The number of allylic oxidation sites excluding steroid dienone is 1. The lowest BCUT2D eigenvalue weighted by molar-refractivity contribution is -0.142. The van der Waals surface area contributed by atoms with Crippen molar-refractivity contribution < 1.29 is 9.53 Å². The number of nitrogens with zero attached hydrogens (tertiary/aromatic N) is 3. The molecule has 3 rings (SSSR count). The maximum atomic E-state index is 12.6. The van der Waals surface area contributed by atoms with Crippen molar-refractivity contribution in [1.82, 2.24) is 14.8 Å². The van der Waals surface area contributed by atoms with Gasteiger partial charge < -0.3 is 9.30 Å². The quantitative estimate of drug-likeness (QED) is 0.367. The van der Waals surface area contributed by atoms with Gasteiger partial charge in [-0.15, -0.1) is 16.8 Å². The van der Waals surface area contributed by atoms with Crippen molar-refractivity contribution in [2.45, 2.75) is 61.9 Å². The van der Waals surface area contributed by atoms with Gasteiger partial charge in [0.2, 0.25) is 0 Å². The molecule has 1 heterocycles. The van der Waals surface area contributed by atoms with E-state index in [1.54, 1.807) is 0 Å². The molecule has 0 saturated heterocycles. The standard InChI is InChI=1S/C21H27N3O2S/c1-3-15-24-19(17-13-9-6-10-14-17)22-23-21(24)27-18(20(25)26-4-2)16-11-7-5-8-12-16/h3,5,7-8,11-12,17-18H,1,4,6,9-10,13-15H2,2H3. The largest absolute Gasteiger partial charge is 0.465 e. The van der Waals surface area contributed by atoms with Gasteiger partial charge in [0.25, 0.3) is 0 Å². The highest BCUT2D eigenvalue weighted by Crippen LogP contribution is 2.38. The smallest absolute Gasteiger partial charge is 0.324 e. The van der Waals surface area contributed by atoms with Gasteiger partial charge in [0, 0.05) is 12.5 Å². The second-order valence-electron chi connectivity index (χ2n) is 6.74. The van der Waals surface area contributed by atoms with E-state index in [0.717, 1.165) is 29.4 Å². The molecule has 144 valence electrons. The van der Waals surface area contributed by atoms with Gasteiger partial charge in [-0.2, -0.15) is 0 Å². The molecule has 1 aliphatic carbocycles. The number of rotatable bonds is 8. The maximum Gasteiger partial charge on any atom is 0.324 e. The van der Waals surface area contributed by atoms with E-state index in [1.165, 1.54) is 31.0 Å². The molecule has 1 saturated carbocycles. The van der Waals surface area contributed by atoms with Gasteiger partial charge >= 0.3 is 5.97 Å². The summed E-state index contributed by atoms with van der Waals surface area (Å²) in [6.45, 7) is 6.71. The first kappa shape index (κ1) is 19.7. The third-order valence-corrected chi connectivity index (χ3v) is 6.07. The van der Waals surface area contributed by atoms with Crippen molar-refractivity contribution in [2.75, 3.05) is 6.61 Å². The van der Waals surface area contributed by atoms with Gasteiger partial charge in [-0.3, -0.25) is 4.79 Å². The van der Waals surface area contributed by atoms with Crippen LogP contribution in [0.2, 0.25) is 0 Å². The molecule has 1 atom stereocenters. The fourth-order valence-corrected chi connectivity index (χ4v) is 4.61. The zero-order valence-electron chi connectivity index (χ0n) is 15.8. The molecule has 1 fully saturated rings. The SMILES string of the molecule is C=CCn1c(SC(C(=O)OCC)c2ccccc2)nnc1C1CCCCC1. The summed E-state index contributed by atoms with van der Waals surface area (Å²) in [5, 5.41) is 9.23. The van der Waals surface area contributed by atoms with Crippen LogP contribution in [0.3, 0.4) is 0 Å². The Balaban J connectivity index is 1.89. The highest BCUT2D eigenvalue weighted by atomic mass is 32.2. The van der Waals surface area contributed by atoms with E-state index in [-0.39, 0.29) is 5.97 Å². The number of thioether (sulfide) groups is 1. The Hall–Kier alpha value is -2.08. The molecule has 1 aromatic carbocycles. The molecule has 27 heavy (non-hydrogen) atoms. The Bertz CT molecular complexity index is 754. The first-order valence-electron chi connectivity index (χ1n) is 9.66. The van der Waals surface area contributed by atoms with Crippen LogP contribution in [0.1, 0.15) is 61.6 Å². The summed E-state index contributed by atoms with van der Waals surface area (Å²) in [6.07, 6.45) is 7.95. The van der Waals surface area contributed by atoms with E-state index in [9.17, 15) is 4.79 Å². The van der Waals surface area contributed by atoms with Gasteiger partial charge in [0.1, 0.15) is 11.1 Å². The Morgan fingerprint density at radius 1 is 1.30 bits per heavy atom. The van der Waals surface area contributed by atoms with Crippen molar-refractivity contribution >= 4 is 17.7 Å². The normalized spacial score (nSPS) is 16.0. The summed E-state index contributed by atoms with van der Waals surface area (Å²) in [5.41, 5.74) is 0.910. The molecule has 0 N–H and O–H groups in total. The van der Waals surface area contributed by atoms with E-state index in [2.05, 4.69) is 21.3 Å². The molecule has 0 spiro atoms. The minimum Gasteiger partial charge on any atom is -0.465 e. The lowest BCUT2D eigenvalue weighted by Gasteiger charge is -2.22. The second-order valence-corrected chi connectivity index (χ2v) is 7.81. The number of aromatic nitrogens is 3. The van der Waals surface area contributed by atoms with E-state index in [4.69, 9.17) is 4.74 Å². The molecule has 0 amide bonds. The molecule has 6 heteroatoms. The third kappa shape index (κ3) is 4.80. The Labute approximate surface area is 165 Å². The zero-order chi connectivity index (χ0) is 19.1. The summed E-state index contributed by atoms with van der Waals surface area (Å²) >= 11 is 1.41. The van der Waals surface area contributed by atoms with Crippen LogP contribution in [0.15, 0.2) is 48.1 Å². The number of esters is 1. The van der Waals surface area contributed by atoms with Crippen molar-refractivity contribution in [2.24, 2.45) is 0 Å². The van der Waals surface area contributed by atoms with Crippen molar-refractivity contribution in [1.29, 1.82) is 0 Å². The molecule has 1 unspecified atom stereocenters. The Morgan fingerprint density at radius 2 is 2.04 bits per heavy atom. The average molecular weight is 386 g/mol. The first-order chi connectivity index (χ1) is 13.2. The number of hydrogen-bond donors (Lipinski definition) is 0. The van der Waals surface area contributed by atoms with Gasteiger partial charge in [-0.05, 0) is 25.3 Å². The predicted molar refractivity (Wildman–Crippen MR) is 108 cm³/mol. The highest BCUT2D eigenvalue weighted by molar-refractivity contribution is 8.00. The number of carbonyl (C=O) groups excluding carboxylic acids is 1. The topological polar surface area (TPSA) is 57.0 Å². The monoisotopic (exact) mass is 385 g/mol. The second kappa shape index (κ2) is 9.74. The van der Waals surface area contributed by atoms with E-state index in [0.29, 0.717) is 19.1 Å². The van der Waals surface area contributed by atoms with Crippen LogP contribution >= 0.6 is 11.8 Å². The van der Waals surface area contributed by atoms with Crippen LogP contribution in [0.25, 0.3) is 0 Å². The van der Waals surface area contributed by atoms with Gasteiger partial charge in [0.05, 0.1) is 6.61 Å². The van der Waals surface area contributed by atoms with Crippen LogP contribution in [0, 0.1) is 0 Å². The van der Waals surface area contributed by atoms with Crippen LogP contribution in [-0.2, 0) is 16.1 Å². The van der Waals surface area contributed by atoms with Gasteiger partial charge in [-0.1, -0.05) is 67.4 Å². The fraction of sp³-hybridized carbons (Fsp3) is 0.476. The van der Waals surface area contributed by atoms with Crippen LogP contribution in [-0.4, -0.2) is 27.3 Å². The van der Waals surface area contributed by atoms with Crippen LogP contribution in [0.5, 0.6) is 0 Å². The summed E-state index contributed by atoms with van der Waals surface area (Å²) in [7, 11) is 0.